The monoisotopic (exact) mass is 299 g/mol. The Morgan fingerprint density at radius 2 is 2.27 bits per heavy atom. The van der Waals surface area contributed by atoms with E-state index in [4.69, 9.17) is 5.26 Å². The summed E-state index contributed by atoms with van der Waals surface area (Å²) >= 11 is 0. The van der Waals surface area contributed by atoms with Gasteiger partial charge in [-0.2, -0.15) is 5.26 Å². The zero-order chi connectivity index (χ0) is 15.9. The highest BCUT2D eigenvalue weighted by Gasteiger charge is 2.25. The molecule has 1 aromatic rings. The number of rotatable bonds is 5. The maximum atomic E-state index is 12.4. The van der Waals surface area contributed by atoms with Crippen LogP contribution in [0.15, 0.2) is 24.3 Å². The number of hydrogen-bond acceptors (Lipinski definition) is 4. The smallest absolute Gasteiger partial charge is 0.228 e. The second-order valence-corrected chi connectivity index (χ2v) is 5.67. The van der Waals surface area contributed by atoms with Gasteiger partial charge in [0, 0.05) is 30.8 Å². The van der Waals surface area contributed by atoms with Gasteiger partial charge in [0.15, 0.2) is 5.78 Å². The predicted molar refractivity (Wildman–Crippen MR) is 84.5 cm³/mol. The number of nitrogens with zero attached hydrogens (tertiary/aromatic N) is 2. The van der Waals surface area contributed by atoms with E-state index < -0.39 is 0 Å². The number of nitrogens with one attached hydrogen (secondary N) is 1. The molecule has 1 unspecified atom stereocenters. The summed E-state index contributed by atoms with van der Waals surface area (Å²) in [4.78, 5) is 25.9. The van der Waals surface area contributed by atoms with Crippen molar-refractivity contribution in [1.82, 2.24) is 4.90 Å². The van der Waals surface area contributed by atoms with Gasteiger partial charge in [-0.05, 0) is 38.4 Å². The Morgan fingerprint density at radius 3 is 3.00 bits per heavy atom. The lowest BCUT2D eigenvalue weighted by Gasteiger charge is -2.31. The van der Waals surface area contributed by atoms with Crippen molar-refractivity contribution in [2.24, 2.45) is 5.92 Å². The highest BCUT2D eigenvalue weighted by atomic mass is 16.2. The largest absolute Gasteiger partial charge is 0.326 e. The molecule has 22 heavy (non-hydrogen) atoms. The maximum absolute atomic E-state index is 12.4. The van der Waals surface area contributed by atoms with E-state index in [1.54, 1.807) is 24.3 Å². The molecule has 0 spiro atoms. The van der Waals surface area contributed by atoms with Crippen molar-refractivity contribution in [2.75, 3.05) is 25.0 Å². The fraction of sp³-hybridized carbons (Fsp3) is 0.471. The van der Waals surface area contributed by atoms with Crippen molar-refractivity contribution in [3.05, 3.63) is 29.8 Å². The quantitative estimate of drug-likeness (QED) is 0.848. The molecule has 5 heteroatoms. The van der Waals surface area contributed by atoms with E-state index in [1.807, 2.05) is 0 Å². The minimum Gasteiger partial charge on any atom is -0.326 e. The molecule has 1 fully saturated rings. The summed E-state index contributed by atoms with van der Waals surface area (Å²) in [6.45, 7) is 3.88. The number of ketones is 1. The Labute approximate surface area is 130 Å². The number of benzene rings is 1. The molecule has 1 aromatic carbocycles. The molecule has 116 valence electrons. The fourth-order valence-electron chi connectivity index (χ4n) is 2.74. The molecule has 0 aliphatic carbocycles. The number of likely N-dealkylation sites (tertiary alicyclic amines) is 1. The van der Waals surface area contributed by atoms with Gasteiger partial charge in [0.2, 0.25) is 5.91 Å². The summed E-state index contributed by atoms with van der Waals surface area (Å²) in [5, 5.41) is 11.6. The molecule has 0 aromatic heterocycles. The molecule has 2 rings (SSSR count). The summed E-state index contributed by atoms with van der Waals surface area (Å²) in [6, 6.07) is 9.15. The number of Topliss-reactive ketones (excluding diaryl/α,β-unsaturated/α-hetero) is 1. The zero-order valence-corrected chi connectivity index (χ0v) is 12.8. The van der Waals surface area contributed by atoms with Crippen LogP contribution in [0.4, 0.5) is 5.69 Å². The highest BCUT2D eigenvalue weighted by Crippen LogP contribution is 2.19. The zero-order valence-electron chi connectivity index (χ0n) is 12.8. The minimum atomic E-state index is -0.0616. The molecule has 1 aliphatic heterocycles. The van der Waals surface area contributed by atoms with Gasteiger partial charge in [-0.1, -0.05) is 12.1 Å². The summed E-state index contributed by atoms with van der Waals surface area (Å²) in [5.41, 5.74) is 1.25. The number of carbonyl (C=O) groups is 2. The molecule has 0 saturated carbocycles. The number of carbonyl (C=O) groups excluding carboxylic acids is 2. The first-order chi connectivity index (χ1) is 10.6. The van der Waals surface area contributed by atoms with Crippen molar-refractivity contribution in [3.63, 3.8) is 0 Å². The molecule has 1 saturated heterocycles. The van der Waals surface area contributed by atoms with E-state index in [9.17, 15) is 9.59 Å². The van der Waals surface area contributed by atoms with Crippen molar-refractivity contribution < 1.29 is 9.59 Å². The van der Waals surface area contributed by atoms with Gasteiger partial charge in [-0.3, -0.25) is 9.59 Å². The van der Waals surface area contributed by atoms with Crippen LogP contribution in [0.1, 0.15) is 36.5 Å². The number of piperidine rings is 1. The summed E-state index contributed by atoms with van der Waals surface area (Å²) < 4.78 is 0. The van der Waals surface area contributed by atoms with Crippen molar-refractivity contribution >= 4 is 17.4 Å². The van der Waals surface area contributed by atoms with E-state index in [0.717, 1.165) is 25.9 Å². The first-order valence-corrected chi connectivity index (χ1v) is 7.61. The third-order valence-corrected chi connectivity index (χ3v) is 3.95. The van der Waals surface area contributed by atoms with Gasteiger partial charge in [0.1, 0.15) is 0 Å². The lowest BCUT2D eigenvalue weighted by molar-refractivity contribution is -0.121. The average molecular weight is 299 g/mol. The van der Waals surface area contributed by atoms with E-state index in [1.165, 1.54) is 6.92 Å². The molecule has 1 atom stereocenters. The van der Waals surface area contributed by atoms with Gasteiger partial charge in [0.25, 0.3) is 0 Å². The van der Waals surface area contributed by atoms with Crippen LogP contribution in [0.3, 0.4) is 0 Å². The third-order valence-electron chi connectivity index (χ3n) is 3.95. The van der Waals surface area contributed by atoms with Crippen LogP contribution in [-0.4, -0.2) is 36.2 Å². The standard InChI is InChI=1S/C17H21N3O2/c1-13(21)14-5-2-7-16(11-14)19-17(22)15-6-3-9-20(12-15)10-4-8-18/h2,5,7,11,15H,3-4,6,9-10,12H2,1H3,(H,19,22). The van der Waals surface area contributed by atoms with Gasteiger partial charge in [-0.15, -0.1) is 0 Å². The molecule has 1 heterocycles. The molecule has 1 amide bonds. The number of nitriles is 1. The Kier molecular flexibility index (Phi) is 5.68. The topological polar surface area (TPSA) is 73.2 Å². The highest BCUT2D eigenvalue weighted by molar-refractivity contribution is 5.97. The van der Waals surface area contributed by atoms with Crippen LogP contribution in [0.2, 0.25) is 0 Å². The van der Waals surface area contributed by atoms with Crippen LogP contribution < -0.4 is 5.32 Å². The lowest BCUT2D eigenvalue weighted by atomic mass is 9.97. The lowest BCUT2D eigenvalue weighted by Crippen LogP contribution is -2.41. The Balaban J connectivity index is 1.95. The van der Waals surface area contributed by atoms with E-state index >= 15 is 0 Å². The van der Waals surface area contributed by atoms with Crippen LogP contribution in [-0.2, 0) is 4.79 Å². The molecular weight excluding hydrogens is 278 g/mol. The number of anilines is 1. The van der Waals surface area contributed by atoms with Crippen molar-refractivity contribution in [3.8, 4) is 6.07 Å². The average Bonchev–Trinajstić information content (AvgIpc) is 2.53. The summed E-state index contributed by atoms with van der Waals surface area (Å²) in [6.07, 6.45) is 2.33. The SMILES string of the molecule is CC(=O)c1cccc(NC(=O)C2CCCN(CCC#N)C2)c1. The minimum absolute atomic E-state index is 0.0117. The van der Waals surface area contributed by atoms with Crippen molar-refractivity contribution in [2.45, 2.75) is 26.2 Å². The van der Waals surface area contributed by atoms with E-state index in [0.29, 0.717) is 24.2 Å². The predicted octanol–water partition coefficient (Wildman–Crippen LogP) is 2.45. The fourth-order valence-corrected chi connectivity index (χ4v) is 2.74. The molecule has 0 bridgehead atoms. The summed E-state index contributed by atoms with van der Waals surface area (Å²) in [7, 11) is 0. The third kappa shape index (κ3) is 4.40. The summed E-state index contributed by atoms with van der Waals surface area (Å²) in [5.74, 6) is -0.0905. The van der Waals surface area contributed by atoms with Crippen LogP contribution in [0.25, 0.3) is 0 Å². The number of hydrogen-bond donors (Lipinski definition) is 1. The Hall–Kier alpha value is -2.19. The Bertz CT molecular complexity index is 592. The molecule has 1 N–H and O–H groups in total. The second-order valence-electron chi connectivity index (χ2n) is 5.67. The van der Waals surface area contributed by atoms with Gasteiger partial charge >= 0.3 is 0 Å². The normalized spacial score (nSPS) is 18.5. The van der Waals surface area contributed by atoms with E-state index in [-0.39, 0.29) is 17.6 Å². The van der Waals surface area contributed by atoms with Crippen molar-refractivity contribution in [1.29, 1.82) is 5.26 Å². The van der Waals surface area contributed by atoms with Gasteiger partial charge < -0.3 is 10.2 Å². The first kappa shape index (κ1) is 16.2. The molecule has 5 nitrogen and oxygen atoms in total. The second kappa shape index (κ2) is 7.71. The van der Waals surface area contributed by atoms with Gasteiger partial charge in [0.05, 0.1) is 12.0 Å². The molecule has 1 aliphatic rings. The van der Waals surface area contributed by atoms with Crippen LogP contribution >= 0.6 is 0 Å². The number of amides is 1. The Morgan fingerprint density at radius 1 is 1.45 bits per heavy atom. The van der Waals surface area contributed by atoms with E-state index in [2.05, 4.69) is 16.3 Å². The van der Waals surface area contributed by atoms with Crippen LogP contribution in [0.5, 0.6) is 0 Å². The first-order valence-electron chi connectivity index (χ1n) is 7.61. The molecular formula is C17H21N3O2. The van der Waals surface area contributed by atoms with Gasteiger partial charge in [-0.25, -0.2) is 0 Å². The van der Waals surface area contributed by atoms with Crippen LogP contribution in [0, 0.1) is 17.2 Å². The maximum Gasteiger partial charge on any atom is 0.228 e. The molecule has 0 radical (unpaired) electrons.